The third-order valence-corrected chi connectivity index (χ3v) is 3.59. The van der Waals surface area contributed by atoms with E-state index in [0.717, 1.165) is 11.3 Å². The zero-order chi connectivity index (χ0) is 17.5. The van der Waals surface area contributed by atoms with Gasteiger partial charge in [-0.1, -0.05) is 16.8 Å². The number of aromatic nitrogens is 1. The second-order valence-electron chi connectivity index (χ2n) is 5.37. The van der Waals surface area contributed by atoms with E-state index >= 15 is 0 Å². The van der Waals surface area contributed by atoms with Crippen molar-refractivity contribution in [2.45, 2.75) is 26.5 Å². The highest BCUT2D eigenvalue weighted by Crippen LogP contribution is 2.21. The molecule has 1 atom stereocenters. The number of aliphatic hydroxyl groups is 1. The van der Waals surface area contributed by atoms with Crippen molar-refractivity contribution in [3.05, 3.63) is 46.3 Å². The van der Waals surface area contributed by atoms with Gasteiger partial charge in [0.05, 0.1) is 12.2 Å². The molecule has 3 N–H and O–H groups in total. The number of carbonyl (C=O) groups excluding carboxylic acids is 1. The minimum absolute atomic E-state index is 0.0582. The molecule has 0 bridgehead atoms. The predicted octanol–water partition coefficient (Wildman–Crippen LogP) is 2.18. The minimum atomic E-state index is -0.834. The number of aryl methyl sites for hydroxylation is 2. The van der Waals surface area contributed by atoms with Gasteiger partial charge in [-0.2, -0.15) is 0 Å². The average molecular weight is 354 g/mol. The topological polar surface area (TPSA) is 96.6 Å². The fraction of sp³-hybridized carbons (Fsp3) is 0.375. The van der Waals surface area contributed by atoms with Gasteiger partial charge in [-0.3, -0.25) is 0 Å². The molecule has 0 aliphatic heterocycles. The second kappa shape index (κ2) is 8.56. The maximum Gasteiger partial charge on any atom is 0.315 e. The summed E-state index contributed by atoms with van der Waals surface area (Å²) in [5.41, 5.74) is 1.64. The Morgan fingerprint density at radius 3 is 2.83 bits per heavy atom. The number of benzene rings is 1. The van der Waals surface area contributed by atoms with Crippen LogP contribution < -0.4 is 15.4 Å². The normalized spacial score (nSPS) is 11.8. The van der Waals surface area contributed by atoms with Crippen LogP contribution in [0.15, 0.2) is 28.8 Å². The van der Waals surface area contributed by atoms with Gasteiger partial charge >= 0.3 is 6.03 Å². The van der Waals surface area contributed by atoms with E-state index < -0.39 is 12.1 Å². The van der Waals surface area contributed by atoms with Crippen LogP contribution in [-0.4, -0.2) is 35.5 Å². The largest absolute Gasteiger partial charge is 0.491 e. The van der Waals surface area contributed by atoms with Gasteiger partial charge in [-0.25, -0.2) is 4.79 Å². The van der Waals surface area contributed by atoms with Crippen molar-refractivity contribution >= 4 is 17.6 Å². The van der Waals surface area contributed by atoms with Gasteiger partial charge in [0, 0.05) is 17.6 Å². The van der Waals surface area contributed by atoms with E-state index in [1.165, 1.54) is 0 Å². The molecule has 2 aromatic rings. The third kappa shape index (κ3) is 5.75. The fourth-order valence-corrected chi connectivity index (χ4v) is 2.02. The molecule has 0 saturated carbocycles. The molecule has 24 heavy (non-hydrogen) atoms. The maximum absolute atomic E-state index is 11.6. The molecule has 2 amide bonds. The van der Waals surface area contributed by atoms with Gasteiger partial charge in [0.15, 0.2) is 5.76 Å². The van der Waals surface area contributed by atoms with Crippen LogP contribution in [0.4, 0.5) is 4.79 Å². The third-order valence-electron chi connectivity index (χ3n) is 3.17. The smallest absolute Gasteiger partial charge is 0.315 e. The van der Waals surface area contributed by atoms with Gasteiger partial charge in [-0.15, -0.1) is 0 Å². The molecule has 0 aliphatic carbocycles. The number of rotatable bonds is 7. The maximum atomic E-state index is 11.6. The lowest BCUT2D eigenvalue weighted by atomic mass is 10.2. The first kappa shape index (κ1) is 18.1. The predicted molar refractivity (Wildman–Crippen MR) is 89.2 cm³/mol. The van der Waals surface area contributed by atoms with Gasteiger partial charge in [0.2, 0.25) is 0 Å². The lowest BCUT2D eigenvalue weighted by Crippen LogP contribution is -2.41. The summed E-state index contributed by atoms with van der Waals surface area (Å²) in [5.74, 6) is 1.17. The van der Waals surface area contributed by atoms with Crippen molar-refractivity contribution in [3.63, 3.8) is 0 Å². The zero-order valence-electron chi connectivity index (χ0n) is 13.5. The van der Waals surface area contributed by atoms with E-state index in [4.69, 9.17) is 20.9 Å². The van der Waals surface area contributed by atoms with Crippen molar-refractivity contribution in [1.82, 2.24) is 15.8 Å². The molecule has 7 nitrogen and oxygen atoms in total. The molecule has 0 fully saturated rings. The van der Waals surface area contributed by atoms with E-state index in [9.17, 15) is 9.90 Å². The van der Waals surface area contributed by atoms with Crippen LogP contribution in [0.2, 0.25) is 5.02 Å². The van der Waals surface area contributed by atoms with Crippen LogP contribution in [-0.2, 0) is 6.54 Å². The van der Waals surface area contributed by atoms with E-state index in [-0.39, 0.29) is 19.7 Å². The molecule has 1 heterocycles. The van der Waals surface area contributed by atoms with Crippen molar-refractivity contribution in [2.75, 3.05) is 13.2 Å². The highest BCUT2D eigenvalue weighted by molar-refractivity contribution is 6.31. The highest BCUT2D eigenvalue weighted by atomic mass is 35.5. The van der Waals surface area contributed by atoms with Crippen molar-refractivity contribution < 1.29 is 19.2 Å². The van der Waals surface area contributed by atoms with Gasteiger partial charge in [0.25, 0.3) is 0 Å². The van der Waals surface area contributed by atoms with Crippen LogP contribution in [0.3, 0.4) is 0 Å². The number of aliphatic hydroxyl groups excluding tert-OH is 1. The van der Waals surface area contributed by atoms with Gasteiger partial charge in [-0.05, 0) is 37.6 Å². The lowest BCUT2D eigenvalue weighted by Gasteiger charge is -2.14. The van der Waals surface area contributed by atoms with Crippen LogP contribution in [0, 0.1) is 13.8 Å². The standard InChI is InChI=1S/C16H20ClN3O4/c1-10-5-13(3-4-15(10)17)23-9-12(21)7-18-16(22)19-8-14-6-11(2)20-24-14/h3-6,12,21H,7-9H2,1-2H3,(H2,18,19,22). The van der Waals surface area contributed by atoms with Crippen molar-refractivity contribution in [1.29, 1.82) is 0 Å². The molecule has 2 rings (SSSR count). The number of urea groups is 1. The Kier molecular flexibility index (Phi) is 6.45. The molecular formula is C16H20ClN3O4. The van der Waals surface area contributed by atoms with Crippen LogP contribution in [0.5, 0.6) is 5.75 Å². The molecule has 130 valence electrons. The summed E-state index contributed by atoms with van der Waals surface area (Å²) in [5, 5.41) is 19.4. The first-order valence-electron chi connectivity index (χ1n) is 7.45. The SMILES string of the molecule is Cc1cc(CNC(=O)NCC(O)COc2ccc(Cl)c(C)c2)on1. The molecule has 0 spiro atoms. The number of halogens is 1. The van der Waals surface area contributed by atoms with Crippen LogP contribution in [0.25, 0.3) is 0 Å². The van der Waals surface area contributed by atoms with Gasteiger partial charge in [0.1, 0.15) is 18.5 Å². The summed E-state index contributed by atoms with van der Waals surface area (Å²) in [7, 11) is 0. The van der Waals surface area contributed by atoms with Crippen molar-refractivity contribution in [3.8, 4) is 5.75 Å². The Morgan fingerprint density at radius 1 is 1.38 bits per heavy atom. The number of nitrogens with one attached hydrogen (secondary N) is 2. The minimum Gasteiger partial charge on any atom is -0.491 e. The summed E-state index contributed by atoms with van der Waals surface area (Å²) in [6.07, 6.45) is -0.834. The summed E-state index contributed by atoms with van der Waals surface area (Å²) >= 11 is 5.93. The molecule has 8 heteroatoms. The molecule has 0 aliphatic rings. The van der Waals surface area contributed by atoms with E-state index in [1.54, 1.807) is 31.2 Å². The molecule has 1 aromatic carbocycles. The zero-order valence-corrected chi connectivity index (χ0v) is 14.3. The summed E-state index contributed by atoms with van der Waals surface area (Å²) in [6, 6.07) is 6.56. The Balaban J connectivity index is 1.65. The Morgan fingerprint density at radius 2 is 2.17 bits per heavy atom. The number of hydrogen-bond acceptors (Lipinski definition) is 5. The van der Waals surface area contributed by atoms with E-state index in [0.29, 0.717) is 16.5 Å². The Bertz CT molecular complexity index is 690. The number of nitrogens with zero attached hydrogens (tertiary/aromatic N) is 1. The average Bonchev–Trinajstić information content (AvgIpc) is 2.97. The number of ether oxygens (including phenoxy) is 1. The van der Waals surface area contributed by atoms with Crippen LogP contribution in [0.1, 0.15) is 17.0 Å². The molecular weight excluding hydrogens is 334 g/mol. The highest BCUT2D eigenvalue weighted by Gasteiger charge is 2.09. The fourth-order valence-electron chi connectivity index (χ4n) is 1.90. The summed E-state index contributed by atoms with van der Waals surface area (Å²) in [4.78, 5) is 11.6. The number of carbonyl (C=O) groups is 1. The van der Waals surface area contributed by atoms with E-state index in [1.807, 2.05) is 6.92 Å². The van der Waals surface area contributed by atoms with Crippen LogP contribution >= 0.6 is 11.6 Å². The summed E-state index contributed by atoms with van der Waals surface area (Å²) in [6.45, 7) is 4.01. The second-order valence-corrected chi connectivity index (χ2v) is 5.78. The number of hydrogen-bond donors (Lipinski definition) is 3. The molecule has 1 aromatic heterocycles. The molecule has 1 unspecified atom stereocenters. The molecule has 0 radical (unpaired) electrons. The lowest BCUT2D eigenvalue weighted by molar-refractivity contribution is 0.107. The van der Waals surface area contributed by atoms with Gasteiger partial charge < -0.3 is 25.0 Å². The first-order chi connectivity index (χ1) is 11.4. The van der Waals surface area contributed by atoms with Crippen molar-refractivity contribution in [2.24, 2.45) is 0 Å². The summed E-state index contributed by atoms with van der Waals surface area (Å²) < 4.78 is 10.4. The first-order valence-corrected chi connectivity index (χ1v) is 7.82. The quantitative estimate of drug-likeness (QED) is 0.709. The van der Waals surface area contributed by atoms with E-state index in [2.05, 4.69) is 15.8 Å². The Hall–Kier alpha value is -2.25. The molecule has 0 saturated heterocycles. The monoisotopic (exact) mass is 353 g/mol. The number of amides is 2. The Labute approximate surface area is 144 Å².